The van der Waals surface area contributed by atoms with Crippen LogP contribution in [0.5, 0.6) is 0 Å². The molecule has 0 heterocycles. The van der Waals surface area contributed by atoms with E-state index in [4.69, 9.17) is 11.1 Å². The molecular formula is C21H23N3. The fraction of sp³-hybridized carbons (Fsp3) is 0.143. The van der Waals surface area contributed by atoms with Crippen molar-refractivity contribution in [2.45, 2.75) is 13.8 Å². The molecule has 0 atom stereocenters. The topological polar surface area (TPSA) is 62.2 Å². The predicted octanol–water partition coefficient (Wildman–Crippen LogP) is 4.89. The Labute approximate surface area is 143 Å². The minimum absolute atomic E-state index is 0.349. The summed E-state index contributed by atoms with van der Waals surface area (Å²) in [6.45, 7) is 4.32. The lowest BCUT2D eigenvalue weighted by Crippen LogP contribution is -2.13. The number of allylic oxidation sites excluding steroid dienone is 3. The smallest absolute Gasteiger partial charge is 0.132 e. The molecule has 3 heteroatoms. The van der Waals surface area contributed by atoms with Gasteiger partial charge in [0.1, 0.15) is 12.2 Å². The Morgan fingerprint density at radius 2 is 1.75 bits per heavy atom. The van der Waals surface area contributed by atoms with Gasteiger partial charge in [0.05, 0.1) is 0 Å². The molecule has 0 saturated heterocycles. The van der Waals surface area contributed by atoms with Gasteiger partial charge in [-0.05, 0) is 34.7 Å². The van der Waals surface area contributed by atoms with Crippen molar-refractivity contribution in [3.05, 3.63) is 77.9 Å². The van der Waals surface area contributed by atoms with E-state index in [0.29, 0.717) is 11.8 Å². The zero-order valence-corrected chi connectivity index (χ0v) is 14.1. The van der Waals surface area contributed by atoms with Gasteiger partial charge >= 0.3 is 0 Å². The van der Waals surface area contributed by atoms with Crippen LogP contribution in [-0.4, -0.2) is 12.2 Å². The van der Waals surface area contributed by atoms with E-state index >= 15 is 0 Å². The third kappa shape index (κ3) is 5.06. The highest BCUT2D eigenvalue weighted by molar-refractivity contribution is 6.01. The average Bonchev–Trinajstić information content (AvgIpc) is 2.59. The van der Waals surface area contributed by atoms with Crippen LogP contribution in [0.1, 0.15) is 25.0 Å². The van der Waals surface area contributed by atoms with Crippen molar-refractivity contribution in [3.63, 3.8) is 0 Å². The minimum Gasteiger partial charge on any atom is -0.383 e. The van der Waals surface area contributed by atoms with Crippen LogP contribution in [0.2, 0.25) is 0 Å². The quantitative estimate of drug-likeness (QED) is 0.444. The number of hydrogen-bond acceptors (Lipinski definition) is 1. The molecule has 0 amide bonds. The van der Waals surface area contributed by atoms with E-state index < -0.39 is 0 Å². The number of hydrogen-bond donors (Lipinski definition) is 2. The van der Waals surface area contributed by atoms with Crippen LogP contribution < -0.4 is 5.73 Å². The Bertz CT molecular complexity index is 783. The number of rotatable bonds is 6. The van der Waals surface area contributed by atoms with Crippen molar-refractivity contribution in [2.24, 2.45) is 16.6 Å². The standard InChI is InChI=1S/C21H23N3/c1-16(2)7-3-4-8-17-9-5-10-18(13-17)19-11-6-12-20(14-19)21(23)24-15-22/h3-16H,1-2H3,(H3,22,23,24)/b7-3-,8-4+. The monoisotopic (exact) mass is 317 g/mol. The molecule has 0 aliphatic carbocycles. The molecule has 2 aromatic carbocycles. The molecule has 122 valence electrons. The molecule has 0 spiro atoms. The largest absolute Gasteiger partial charge is 0.383 e. The van der Waals surface area contributed by atoms with E-state index in [9.17, 15) is 0 Å². The Morgan fingerprint density at radius 3 is 2.46 bits per heavy atom. The highest BCUT2D eigenvalue weighted by atomic mass is 14.9. The van der Waals surface area contributed by atoms with E-state index in [1.165, 1.54) is 0 Å². The number of nitrogens with zero attached hydrogens (tertiary/aromatic N) is 1. The summed E-state index contributed by atoms with van der Waals surface area (Å²) in [5.74, 6) is 0.901. The Morgan fingerprint density at radius 1 is 1.04 bits per heavy atom. The molecule has 0 bridgehead atoms. The molecule has 0 fully saturated rings. The van der Waals surface area contributed by atoms with Crippen LogP contribution in [0.3, 0.4) is 0 Å². The van der Waals surface area contributed by atoms with E-state index in [1.807, 2.05) is 30.3 Å². The number of nitrogens with two attached hydrogens (primary N) is 1. The molecular weight excluding hydrogens is 294 g/mol. The van der Waals surface area contributed by atoms with Gasteiger partial charge in [0.25, 0.3) is 0 Å². The third-order valence-corrected chi connectivity index (χ3v) is 3.48. The van der Waals surface area contributed by atoms with Crippen LogP contribution in [0.25, 0.3) is 17.2 Å². The van der Waals surface area contributed by atoms with Gasteiger partial charge in [-0.25, -0.2) is 4.99 Å². The first-order valence-electron chi connectivity index (χ1n) is 7.98. The number of amidine groups is 1. The summed E-state index contributed by atoms with van der Waals surface area (Å²) in [5, 5.41) is 7.03. The molecule has 24 heavy (non-hydrogen) atoms. The summed E-state index contributed by atoms with van der Waals surface area (Å²) in [5.41, 5.74) is 10.0. The van der Waals surface area contributed by atoms with E-state index in [1.54, 1.807) is 0 Å². The lowest BCUT2D eigenvalue weighted by atomic mass is 10.0. The van der Waals surface area contributed by atoms with E-state index in [-0.39, 0.29) is 0 Å². The molecule has 0 radical (unpaired) electrons. The van der Waals surface area contributed by atoms with Crippen LogP contribution in [-0.2, 0) is 0 Å². The molecule has 0 aliphatic rings. The fourth-order valence-electron chi connectivity index (χ4n) is 2.28. The van der Waals surface area contributed by atoms with Gasteiger partial charge in [0, 0.05) is 5.56 Å². The summed E-state index contributed by atoms with van der Waals surface area (Å²) in [4.78, 5) is 3.83. The lowest BCUT2D eigenvalue weighted by Gasteiger charge is -2.06. The van der Waals surface area contributed by atoms with Gasteiger partial charge in [0.2, 0.25) is 0 Å². The summed E-state index contributed by atoms with van der Waals surface area (Å²) in [6, 6.07) is 16.2. The first kappa shape index (κ1) is 17.4. The zero-order chi connectivity index (χ0) is 17.4. The molecule has 0 saturated carbocycles. The van der Waals surface area contributed by atoms with Crippen molar-refractivity contribution in [3.8, 4) is 11.1 Å². The highest BCUT2D eigenvalue weighted by Crippen LogP contribution is 2.22. The second kappa shape index (κ2) is 8.63. The summed E-state index contributed by atoms with van der Waals surface area (Å²) in [6.07, 6.45) is 9.35. The van der Waals surface area contributed by atoms with Crippen LogP contribution in [0.4, 0.5) is 0 Å². The first-order valence-corrected chi connectivity index (χ1v) is 7.98. The maximum absolute atomic E-state index is 7.03. The number of benzene rings is 2. The molecule has 0 unspecified atom stereocenters. The van der Waals surface area contributed by atoms with Gasteiger partial charge in [-0.1, -0.05) is 74.5 Å². The van der Waals surface area contributed by atoms with Gasteiger partial charge < -0.3 is 5.73 Å². The van der Waals surface area contributed by atoms with Gasteiger partial charge in [-0.3, -0.25) is 5.41 Å². The molecule has 2 rings (SSSR count). The van der Waals surface area contributed by atoms with Gasteiger partial charge in [-0.2, -0.15) is 0 Å². The SMILES string of the molecule is CC(C)/C=C\C=C\c1cccc(-c2cccc(C(N)=NC=N)c2)c1. The zero-order valence-electron chi connectivity index (χ0n) is 14.1. The molecule has 3 N–H and O–H groups in total. The lowest BCUT2D eigenvalue weighted by molar-refractivity contribution is 0.832. The van der Waals surface area contributed by atoms with E-state index in [2.05, 4.69) is 61.3 Å². The maximum atomic E-state index is 7.03. The Kier molecular flexibility index (Phi) is 6.26. The van der Waals surface area contributed by atoms with Gasteiger partial charge in [0.15, 0.2) is 0 Å². The second-order valence-electron chi connectivity index (χ2n) is 5.84. The molecule has 0 aliphatic heterocycles. The van der Waals surface area contributed by atoms with Crippen molar-refractivity contribution in [1.29, 1.82) is 5.41 Å². The predicted molar refractivity (Wildman–Crippen MR) is 104 cm³/mol. The molecule has 3 nitrogen and oxygen atoms in total. The first-order chi connectivity index (χ1) is 11.6. The molecule has 0 aromatic heterocycles. The summed E-state index contributed by atoms with van der Waals surface area (Å²) in [7, 11) is 0. The van der Waals surface area contributed by atoms with E-state index in [0.717, 1.165) is 28.6 Å². The summed E-state index contributed by atoms with van der Waals surface area (Å²) < 4.78 is 0. The second-order valence-corrected chi connectivity index (χ2v) is 5.84. The molecule has 2 aromatic rings. The Balaban J connectivity index is 2.27. The van der Waals surface area contributed by atoms with Crippen molar-refractivity contribution in [1.82, 2.24) is 0 Å². The normalized spacial score (nSPS) is 12.4. The maximum Gasteiger partial charge on any atom is 0.132 e. The average molecular weight is 317 g/mol. The number of nitrogens with one attached hydrogen (secondary N) is 1. The highest BCUT2D eigenvalue weighted by Gasteiger charge is 2.02. The van der Waals surface area contributed by atoms with Crippen molar-refractivity contribution >= 4 is 18.3 Å². The van der Waals surface area contributed by atoms with Crippen LogP contribution in [0, 0.1) is 11.3 Å². The van der Waals surface area contributed by atoms with Crippen molar-refractivity contribution in [2.75, 3.05) is 0 Å². The third-order valence-electron chi connectivity index (χ3n) is 3.48. The van der Waals surface area contributed by atoms with Crippen LogP contribution in [0.15, 0.2) is 71.8 Å². The fourth-order valence-corrected chi connectivity index (χ4v) is 2.28. The number of aliphatic imine (C=N–C) groups is 1. The summed E-state index contributed by atoms with van der Waals surface area (Å²) >= 11 is 0. The van der Waals surface area contributed by atoms with Crippen molar-refractivity contribution < 1.29 is 0 Å². The Hall–Kier alpha value is -2.94. The van der Waals surface area contributed by atoms with Gasteiger partial charge in [-0.15, -0.1) is 0 Å². The van der Waals surface area contributed by atoms with Crippen LogP contribution >= 0.6 is 0 Å². The minimum atomic E-state index is 0.349.